The van der Waals surface area contributed by atoms with Crippen LogP contribution >= 0.6 is 0 Å². The standard InChI is InChI=1S/C14H14N2O4/c1-19-12-6-8-14(9-7-12)20-13-4-2-11(3-5-13)10-16(18)15-17/h2-9,17H,10H2,1H3. The highest BCUT2D eigenvalue weighted by Crippen LogP contribution is 2.24. The Morgan fingerprint density at radius 2 is 1.50 bits per heavy atom. The van der Waals surface area contributed by atoms with Crippen molar-refractivity contribution in [1.29, 1.82) is 0 Å². The van der Waals surface area contributed by atoms with Crippen LogP contribution < -0.4 is 9.47 Å². The molecule has 20 heavy (non-hydrogen) atoms. The average Bonchev–Trinajstić information content (AvgIpc) is 2.50. The summed E-state index contributed by atoms with van der Waals surface area (Å²) in [6, 6.07) is 14.2. The summed E-state index contributed by atoms with van der Waals surface area (Å²) in [6.07, 6.45) is 0. The van der Waals surface area contributed by atoms with Crippen LogP contribution in [0.5, 0.6) is 17.2 Å². The van der Waals surface area contributed by atoms with Crippen LogP contribution in [0.2, 0.25) is 0 Å². The molecule has 0 aliphatic heterocycles. The number of rotatable bonds is 5. The van der Waals surface area contributed by atoms with Crippen molar-refractivity contribution in [3.63, 3.8) is 0 Å². The number of hydrogen-bond acceptors (Lipinski definition) is 4. The smallest absolute Gasteiger partial charge is 0.209 e. The van der Waals surface area contributed by atoms with Crippen molar-refractivity contribution in [1.82, 2.24) is 0 Å². The molecular weight excluding hydrogens is 260 g/mol. The third-order valence-corrected chi connectivity index (χ3v) is 2.64. The Morgan fingerprint density at radius 1 is 1.00 bits per heavy atom. The van der Waals surface area contributed by atoms with E-state index in [0.717, 1.165) is 11.3 Å². The van der Waals surface area contributed by atoms with Gasteiger partial charge in [-0.3, -0.25) is 0 Å². The first-order valence-corrected chi connectivity index (χ1v) is 5.92. The lowest BCUT2D eigenvalue weighted by Gasteiger charge is -2.07. The Labute approximate surface area is 116 Å². The fraction of sp³-hybridized carbons (Fsp3) is 0.143. The molecule has 0 saturated heterocycles. The first-order valence-electron chi connectivity index (χ1n) is 5.92. The summed E-state index contributed by atoms with van der Waals surface area (Å²) in [5, 5.41) is 21.7. The third kappa shape index (κ3) is 3.61. The Kier molecular flexibility index (Phi) is 4.39. The molecule has 2 rings (SSSR count). The van der Waals surface area contributed by atoms with E-state index in [1.807, 2.05) is 12.1 Å². The van der Waals surface area contributed by atoms with Crippen LogP contribution in [0.4, 0.5) is 0 Å². The molecule has 0 unspecified atom stereocenters. The first kappa shape index (κ1) is 13.7. The molecule has 6 heteroatoms. The van der Waals surface area contributed by atoms with Crippen molar-refractivity contribution < 1.29 is 19.5 Å². The monoisotopic (exact) mass is 274 g/mol. The van der Waals surface area contributed by atoms with E-state index in [2.05, 4.69) is 5.28 Å². The summed E-state index contributed by atoms with van der Waals surface area (Å²) < 4.78 is 10.7. The second-order valence-corrected chi connectivity index (χ2v) is 4.02. The van der Waals surface area contributed by atoms with E-state index in [-0.39, 0.29) is 11.4 Å². The first-order chi connectivity index (χ1) is 9.71. The van der Waals surface area contributed by atoms with Gasteiger partial charge in [0.1, 0.15) is 17.2 Å². The fourth-order valence-corrected chi connectivity index (χ4v) is 1.63. The van der Waals surface area contributed by atoms with Crippen molar-refractivity contribution in [3.8, 4) is 17.2 Å². The zero-order valence-corrected chi connectivity index (χ0v) is 10.9. The maximum atomic E-state index is 10.9. The van der Waals surface area contributed by atoms with E-state index >= 15 is 0 Å². The fourth-order valence-electron chi connectivity index (χ4n) is 1.63. The number of hydrogen-bond donors (Lipinski definition) is 1. The largest absolute Gasteiger partial charge is 0.597 e. The molecule has 0 saturated carbocycles. The molecule has 0 aliphatic rings. The molecule has 0 aromatic heterocycles. The number of ether oxygens (including phenoxy) is 2. The minimum absolute atomic E-state index is 0.0146. The molecule has 104 valence electrons. The maximum Gasteiger partial charge on any atom is 0.209 e. The van der Waals surface area contributed by atoms with Gasteiger partial charge >= 0.3 is 0 Å². The van der Waals surface area contributed by atoms with Crippen molar-refractivity contribution in [2.24, 2.45) is 5.28 Å². The van der Waals surface area contributed by atoms with Gasteiger partial charge < -0.3 is 19.9 Å². The summed E-state index contributed by atoms with van der Waals surface area (Å²) in [4.78, 5) is 0.194. The molecule has 0 spiro atoms. The van der Waals surface area contributed by atoms with E-state index in [4.69, 9.17) is 14.7 Å². The van der Waals surface area contributed by atoms with E-state index in [9.17, 15) is 5.21 Å². The molecule has 0 amide bonds. The predicted molar refractivity (Wildman–Crippen MR) is 71.1 cm³/mol. The minimum Gasteiger partial charge on any atom is -0.597 e. The van der Waals surface area contributed by atoms with E-state index < -0.39 is 0 Å². The molecular formula is C14H14N2O4. The maximum absolute atomic E-state index is 10.9. The van der Waals surface area contributed by atoms with Crippen LogP contribution in [0.15, 0.2) is 53.8 Å². The number of nitrogens with zero attached hydrogens (tertiary/aromatic N) is 2. The Hall–Kier alpha value is -2.76. The van der Waals surface area contributed by atoms with Gasteiger partial charge in [0.15, 0.2) is 5.28 Å². The van der Waals surface area contributed by atoms with Crippen molar-refractivity contribution in [2.45, 2.75) is 6.54 Å². The summed E-state index contributed by atoms with van der Waals surface area (Å²) in [5.74, 6) is 2.10. The third-order valence-electron chi connectivity index (χ3n) is 2.64. The molecule has 0 aliphatic carbocycles. The van der Waals surface area contributed by atoms with E-state index in [1.165, 1.54) is 0 Å². The average molecular weight is 274 g/mol. The Balaban J connectivity index is 2.02. The number of methoxy groups -OCH3 is 1. The highest BCUT2D eigenvalue weighted by atomic mass is 16.6. The van der Waals surface area contributed by atoms with Crippen LogP contribution in [0.1, 0.15) is 5.56 Å². The van der Waals surface area contributed by atoms with Gasteiger partial charge in [0.25, 0.3) is 0 Å². The second kappa shape index (κ2) is 6.42. The summed E-state index contributed by atoms with van der Waals surface area (Å²) >= 11 is 0. The molecule has 0 radical (unpaired) electrons. The molecule has 0 bridgehead atoms. The molecule has 6 nitrogen and oxygen atoms in total. The van der Waals surface area contributed by atoms with Crippen molar-refractivity contribution in [2.75, 3.05) is 7.11 Å². The van der Waals surface area contributed by atoms with Gasteiger partial charge in [0.05, 0.1) is 7.11 Å². The molecule has 2 aromatic rings. The van der Waals surface area contributed by atoms with Crippen LogP contribution in [0, 0.1) is 5.21 Å². The lowest BCUT2D eigenvalue weighted by Crippen LogP contribution is -1.99. The van der Waals surface area contributed by atoms with Crippen LogP contribution in [-0.2, 0) is 6.54 Å². The molecule has 0 fully saturated rings. The summed E-state index contributed by atoms with van der Waals surface area (Å²) in [5.41, 5.74) is 0.722. The predicted octanol–water partition coefficient (Wildman–Crippen LogP) is 3.34. The zero-order chi connectivity index (χ0) is 14.4. The highest BCUT2D eigenvalue weighted by molar-refractivity contribution is 5.36. The summed E-state index contributed by atoms with van der Waals surface area (Å²) in [7, 11) is 1.60. The lowest BCUT2D eigenvalue weighted by molar-refractivity contribution is -0.570. The van der Waals surface area contributed by atoms with Crippen LogP contribution in [0.25, 0.3) is 0 Å². The van der Waals surface area contributed by atoms with E-state index in [1.54, 1.807) is 43.5 Å². The van der Waals surface area contributed by atoms with Crippen LogP contribution in [0.3, 0.4) is 0 Å². The molecule has 0 heterocycles. The van der Waals surface area contributed by atoms with Gasteiger partial charge in [-0.2, -0.15) is 0 Å². The van der Waals surface area contributed by atoms with Crippen molar-refractivity contribution >= 4 is 0 Å². The zero-order valence-electron chi connectivity index (χ0n) is 10.9. The van der Waals surface area contributed by atoms with Crippen molar-refractivity contribution in [3.05, 3.63) is 59.3 Å². The second-order valence-electron chi connectivity index (χ2n) is 4.02. The van der Waals surface area contributed by atoms with E-state index in [0.29, 0.717) is 11.5 Å². The normalized spacial score (nSPS) is 11.2. The quantitative estimate of drug-likeness (QED) is 0.515. The summed E-state index contributed by atoms with van der Waals surface area (Å²) in [6.45, 7) is -0.0146. The number of hydroxylamine groups is 1. The SMILES string of the molecule is COc1ccc(Oc2ccc(C[N+]([O-])=NO)cc2)cc1. The Morgan fingerprint density at radius 3 is 2.00 bits per heavy atom. The molecule has 1 N–H and O–H groups in total. The van der Waals surface area contributed by atoms with Gasteiger partial charge in [0.2, 0.25) is 6.54 Å². The van der Waals surface area contributed by atoms with Gasteiger partial charge in [0, 0.05) is 5.56 Å². The topological polar surface area (TPSA) is 77.1 Å². The number of benzene rings is 2. The van der Waals surface area contributed by atoms with Crippen LogP contribution in [-0.4, -0.2) is 17.2 Å². The molecule has 2 aromatic carbocycles. The van der Waals surface area contributed by atoms with Gasteiger partial charge in [-0.25, -0.2) is 0 Å². The molecule has 0 atom stereocenters. The Bertz CT molecular complexity index is 579. The minimum atomic E-state index is -0.0146. The van der Waals surface area contributed by atoms with Gasteiger partial charge in [-0.15, -0.1) is 0 Å². The highest BCUT2D eigenvalue weighted by Gasteiger charge is 2.02. The van der Waals surface area contributed by atoms with Gasteiger partial charge in [-0.1, -0.05) is 4.86 Å². The van der Waals surface area contributed by atoms with Gasteiger partial charge in [-0.05, 0) is 48.5 Å². The lowest BCUT2D eigenvalue weighted by atomic mass is 10.2.